The first kappa shape index (κ1) is 15.3. The molecule has 0 aliphatic heterocycles. The highest BCUT2D eigenvalue weighted by Crippen LogP contribution is 2.20. The Morgan fingerprint density at radius 1 is 1.53 bits per heavy atom. The van der Waals surface area contributed by atoms with Gasteiger partial charge in [0.15, 0.2) is 5.82 Å². The van der Waals surface area contributed by atoms with E-state index < -0.39 is 0 Å². The average Bonchev–Trinajstić information content (AvgIpc) is 2.86. The van der Waals surface area contributed by atoms with Crippen LogP contribution < -0.4 is 5.32 Å². The molecule has 0 aliphatic carbocycles. The zero-order valence-corrected chi connectivity index (χ0v) is 12.3. The Balaban J connectivity index is 2.89. The maximum Gasteiger partial charge on any atom is 0.160 e. The van der Waals surface area contributed by atoms with Crippen LogP contribution in [0, 0.1) is 5.92 Å². The summed E-state index contributed by atoms with van der Waals surface area (Å²) in [6.07, 6.45) is 2.65. The number of H-pyrrole nitrogens is 1. The van der Waals surface area contributed by atoms with E-state index >= 15 is 0 Å². The lowest BCUT2D eigenvalue weighted by Crippen LogP contribution is -2.21. The minimum absolute atomic E-state index is 0.366. The van der Waals surface area contributed by atoms with Gasteiger partial charge in [-0.3, -0.25) is 4.99 Å². The molecule has 0 spiro atoms. The SMILES string of the molecule is C=C(OCC)c1[nH]cnc1NC(=NCC)C(C)CC. The predicted octanol–water partition coefficient (Wildman–Crippen LogP) is 3.29. The van der Waals surface area contributed by atoms with Crippen molar-refractivity contribution in [3.8, 4) is 0 Å². The van der Waals surface area contributed by atoms with E-state index in [1.807, 2.05) is 13.8 Å². The first-order valence-electron chi connectivity index (χ1n) is 6.80. The summed E-state index contributed by atoms with van der Waals surface area (Å²) in [6, 6.07) is 0. The van der Waals surface area contributed by atoms with Gasteiger partial charge in [0.2, 0.25) is 0 Å². The van der Waals surface area contributed by atoms with Crippen molar-refractivity contribution in [3.05, 3.63) is 18.6 Å². The van der Waals surface area contributed by atoms with Crippen molar-refractivity contribution in [2.75, 3.05) is 18.5 Å². The summed E-state index contributed by atoms with van der Waals surface area (Å²) < 4.78 is 5.41. The number of aromatic nitrogens is 2. The number of anilines is 1. The summed E-state index contributed by atoms with van der Waals surface area (Å²) in [7, 11) is 0. The van der Waals surface area contributed by atoms with Crippen molar-refractivity contribution in [2.45, 2.75) is 34.1 Å². The molecule has 106 valence electrons. The van der Waals surface area contributed by atoms with Gasteiger partial charge in [-0.25, -0.2) is 4.98 Å². The number of aromatic amines is 1. The fourth-order valence-electron chi connectivity index (χ4n) is 1.65. The molecule has 0 aromatic carbocycles. The van der Waals surface area contributed by atoms with Crippen LogP contribution in [0.4, 0.5) is 5.82 Å². The van der Waals surface area contributed by atoms with E-state index in [9.17, 15) is 0 Å². The smallest absolute Gasteiger partial charge is 0.160 e. The Bertz CT molecular complexity index is 436. The number of hydrogen-bond acceptors (Lipinski definition) is 3. The number of amidine groups is 1. The molecule has 1 atom stereocenters. The van der Waals surface area contributed by atoms with E-state index in [0.717, 1.165) is 24.5 Å². The van der Waals surface area contributed by atoms with Crippen molar-refractivity contribution in [2.24, 2.45) is 10.9 Å². The largest absolute Gasteiger partial charge is 0.492 e. The molecular weight excluding hydrogens is 240 g/mol. The molecule has 5 nitrogen and oxygen atoms in total. The van der Waals surface area contributed by atoms with Crippen LogP contribution in [-0.2, 0) is 4.74 Å². The number of nitrogens with one attached hydrogen (secondary N) is 2. The van der Waals surface area contributed by atoms with Crippen molar-refractivity contribution < 1.29 is 4.74 Å². The van der Waals surface area contributed by atoms with Crippen molar-refractivity contribution in [3.63, 3.8) is 0 Å². The molecule has 0 bridgehead atoms. The Kier molecular flexibility index (Phi) is 6.12. The highest BCUT2D eigenvalue weighted by molar-refractivity contribution is 5.97. The van der Waals surface area contributed by atoms with Gasteiger partial charge in [-0.05, 0) is 20.3 Å². The van der Waals surface area contributed by atoms with Crippen molar-refractivity contribution >= 4 is 17.4 Å². The third-order valence-corrected chi connectivity index (χ3v) is 2.89. The van der Waals surface area contributed by atoms with Gasteiger partial charge in [0.25, 0.3) is 0 Å². The van der Waals surface area contributed by atoms with Crippen LogP contribution in [0.2, 0.25) is 0 Å². The molecule has 0 aliphatic rings. The van der Waals surface area contributed by atoms with E-state index in [1.54, 1.807) is 6.33 Å². The van der Waals surface area contributed by atoms with E-state index in [-0.39, 0.29) is 0 Å². The van der Waals surface area contributed by atoms with E-state index in [4.69, 9.17) is 4.74 Å². The van der Waals surface area contributed by atoms with Crippen LogP contribution in [0.25, 0.3) is 5.76 Å². The molecule has 19 heavy (non-hydrogen) atoms. The summed E-state index contributed by atoms with van der Waals surface area (Å²) in [6.45, 7) is 13.5. The number of aliphatic imine (C=N–C) groups is 1. The number of rotatable bonds is 7. The Morgan fingerprint density at radius 2 is 2.26 bits per heavy atom. The fourth-order valence-corrected chi connectivity index (χ4v) is 1.65. The molecule has 1 heterocycles. The average molecular weight is 264 g/mol. The standard InChI is InChI=1S/C14H24N4O/c1-6-10(4)13(15-7-2)18-14-12(16-9-17-14)11(5)19-8-3/h9-10H,5-8H2,1-4H3,(H,15,18)(H,16,17). The summed E-state index contributed by atoms with van der Waals surface area (Å²) >= 11 is 0. The van der Waals surface area contributed by atoms with Gasteiger partial charge in [0, 0.05) is 12.5 Å². The lowest BCUT2D eigenvalue weighted by molar-refractivity contribution is 0.298. The first-order valence-corrected chi connectivity index (χ1v) is 6.80. The minimum Gasteiger partial charge on any atom is -0.492 e. The normalized spacial score (nSPS) is 13.2. The molecule has 1 rings (SSSR count). The van der Waals surface area contributed by atoms with Gasteiger partial charge in [-0.1, -0.05) is 20.4 Å². The summed E-state index contributed by atoms with van der Waals surface area (Å²) in [5.41, 5.74) is 0.772. The third kappa shape index (κ3) is 4.12. The third-order valence-electron chi connectivity index (χ3n) is 2.89. The van der Waals surface area contributed by atoms with Crippen molar-refractivity contribution in [1.82, 2.24) is 9.97 Å². The van der Waals surface area contributed by atoms with Gasteiger partial charge in [-0.2, -0.15) is 0 Å². The summed E-state index contributed by atoms with van der Waals surface area (Å²) in [4.78, 5) is 11.8. The van der Waals surface area contributed by atoms with Gasteiger partial charge < -0.3 is 15.0 Å². The highest BCUT2D eigenvalue weighted by atomic mass is 16.5. The van der Waals surface area contributed by atoms with Gasteiger partial charge in [0.05, 0.1) is 12.9 Å². The molecule has 0 saturated heterocycles. The van der Waals surface area contributed by atoms with E-state index in [1.165, 1.54) is 0 Å². The predicted molar refractivity (Wildman–Crippen MR) is 80.3 cm³/mol. The molecule has 0 saturated carbocycles. The maximum atomic E-state index is 5.41. The fraction of sp³-hybridized carbons (Fsp3) is 0.571. The van der Waals surface area contributed by atoms with Gasteiger partial charge in [-0.15, -0.1) is 0 Å². The zero-order chi connectivity index (χ0) is 14.3. The second-order valence-electron chi connectivity index (χ2n) is 4.28. The van der Waals surface area contributed by atoms with E-state index in [2.05, 4.69) is 40.7 Å². The molecule has 0 amide bonds. The van der Waals surface area contributed by atoms with Crippen LogP contribution in [0.1, 0.15) is 39.8 Å². The summed E-state index contributed by atoms with van der Waals surface area (Å²) in [5, 5.41) is 3.29. The van der Waals surface area contributed by atoms with Crippen LogP contribution >= 0.6 is 0 Å². The summed E-state index contributed by atoms with van der Waals surface area (Å²) in [5.74, 6) is 2.61. The molecule has 5 heteroatoms. The molecule has 2 N–H and O–H groups in total. The topological polar surface area (TPSA) is 62.3 Å². The molecular formula is C14H24N4O. The van der Waals surface area contributed by atoms with Crippen LogP contribution in [0.15, 0.2) is 17.9 Å². The molecule has 0 radical (unpaired) electrons. The number of hydrogen-bond donors (Lipinski definition) is 2. The zero-order valence-electron chi connectivity index (χ0n) is 12.3. The minimum atomic E-state index is 0.366. The second-order valence-corrected chi connectivity index (χ2v) is 4.28. The van der Waals surface area contributed by atoms with Gasteiger partial charge in [0.1, 0.15) is 17.3 Å². The lowest BCUT2D eigenvalue weighted by atomic mass is 10.1. The molecule has 1 unspecified atom stereocenters. The number of imidazole rings is 1. The molecule has 0 fully saturated rings. The Labute approximate surface area is 115 Å². The lowest BCUT2D eigenvalue weighted by Gasteiger charge is -2.15. The Hall–Kier alpha value is -1.78. The Morgan fingerprint density at radius 3 is 2.84 bits per heavy atom. The highest BCUT2D eigenvalue weighted by Gasteiger charge is 2.14. The number of nitrogens with zero attached hydrogens (tertiary/aromatic N) is 2. The quantitative estimate of drug-likeness (QED) is 0.451. The van der Waals surface area contributed by atoms with Crippen molar-refractivity contribution in [1.29, 1.82) is 0 Å². The maximum absolute atomic E-state index is 5.41. The van der Waals surface area contributed by atoms with Gasteiger partial charge >= 0.3 is 0 Å². The first-order chi connectivity index (χ1) is 9.13. The van der Waals surface area contributed by atoms with Crippen LogP contribution in [0.5, 0.6) is 0 Å². The monoisotopic (exact) mass is 264 g/mol. The molecule has 1 aromatic rings. The number of ether oxygens (including phenoxy) is 1. The van der Waals surface area contributed by atoms with E-state index in [0.29, 0.717) is 24.1 Å². The van der Waals surface area contributed by atoms with Crippen LogP contribution in [0.3, 0.4) is 0 Å². The molecule has 1 aromatic heterocycles. The second kappa shape index (κ2) is 7.61. The van der Waals surface area contributed by atoms with Crippen LogP contribution in [-0.4, -0.2) is 29.0 Å².